The summed E-state index contributed by atoms with van der Waals surface area (Å²) in [4.78, 5) is 19.3. The van der Waals surface area contributed by atoms with Gasteiger partial charge in [0.15, 0.2) is 5.78 Å². The lowest BCUT2D eigenvalue weighted by Gasteiger charge is -1.94. The van der Waals surface area contributed by atoms with Gasteiger partial charge >= 0.3 is 0 Å². The first-order valence-corrected chi connectivity index (χ1v) is 4.21. The van der Waals surface area contributed by atoms with Crippen molar-refractivity contribution in [3.8, 4) is 11.4 Å². The minimum atomic E-state index is -0.0360. The van der Waals surface area contributed by atoms with E-state index in [0.29, 0.717) is 17.0 Å². The Morgan fingerprint density at radius 2 is 2.00 bits per heavy atom. The standard InChI is InChI=1S/C10H9N3O/c1-6(14)7-4-2-3-5-8-9(7)13-10(11)12-8/h2-5H,1H3,(H2,11,12,13). The lowest BCUT2D eigenvalue weighted by atomic mass is 10.1. The highest BCUT2D eigenvalue weighted by Crippen LogP contribution is 2.22. The van der Waals surface area contributed by atoms with Crippen molar-refractivity contribution in [1.29, 1.82) is 0 Å². The van der Waals surface area contributed by atoms with Crippen LogP contribution in [0, 0.1) is 0 Å². The number of hydrogen-bond donors (Lipinski definition) is 1. The molecule has 0 spiro atoms. The van der Waals surface area contributed by atoms with E-state index in [1.54, 1.807) is 18.2 Å². The number of carbonyl (C=O) groups excluding carboxylic acids is 1. The van der Waals surface area contributed by atoms with Crippen LogP contribution in [0.15, 0.2) is 24.3 Å². The summed E-state index contributed by atoms with van der Waals surface area (Å²) in [6, 6.07) is 7.10. The molecule has 0 fully saturated rings. The molecule has 4 heteroatoms. The molecule has 0 unspecified atom stereocenters. The largest absolute Gasteiger partial charge is 0.368 e. The summed E-state index contributed by atoms with van der Waals surface area (Å²) in [5.74, 6) is 0.166. The number of carbonyl (C=O) groups is 1. The quantitative estimate of drug-likeness (QED) is 0.684. The summed E-state index contributed by atoms with van der Waals surface area (Å²) in [5, 5.41) is 0. The fourth-order valence-electron chi connectivity index (χ4n) is 1.35. The normalized spacial score (nSPS) is 10.4. The van der Waals surface area contributed by atoms with Crippen LogP contribution in [-0.4, -0.2) is 15.8 Å². The minimum absolute atomic E-state index is 0.0360. The Balaban J connectivity index is 2.76. The number of imidazole rings is 1. The summed E-state index contributed by atoms with van der Waals surface area (Å²) < 4.78 is 0. The van der Waals surface area contributed by atoms with Gasteiger partial charge in [-0.3, -0.25) is 4.79 Å². The lowest BCUT2D eigenvalue weighted by molar-refractivity contribution is 0.101. The molecule has 1 aliphatic heterocycles. The minimum Gasteiger partial charge on any atom is -0.368 e. The molecule has 14 heavy (non-hydrogen) atoms. The molecule has 2 aliphatic rings. The summed E-state index contributed by atoms with van der Waals surface area (Å²) >= 11 is 0. The Kier molecular flexibility index (Phi) is 1.89. The molecule has 0 saturated carbocycles. The van der Waals surface area contributed by atoms with Crippen LogP contribution in [0.4, 0.5) is 5.95 Å². The van der Waals surface area contributed by atoms with Crippen LogP contribution in [0.2, 0.25) is 0 Å². The number of nitrogens with zero attached hydrogens (tertiary/aromatic N) is 2. The average molecular weight is 187 g/mol. The molecule has 2 N–H and O–H groups in total. The molecule has 2 rings (SSSR count). The van der Waals surface area contributed by atoms with Gasteiger partial charge in [-0.05, 0) is 19.1 Å². The summed E-state index contributed by atoms with van der Waals surface area (Å²) in [6.45, 7) is 1.50. The molecule has 0 aromatic carbocycles. The molecule has 70 valence electrons. The summed E-state index contributed by atoms with van der Waals surface area (Å²) in [6.07, 6.45) is 0. The van der Waals surface area contributed by atoms with Crippen molar-refractivity contribution in [3.05, 3.63) is 29.8 Å². The lowest BCUT2D eigenvalue weighted by Crippen LogP contribution is -1.93. The van der Waals surface area contributed by atoms with Crippen molar-refractivity contribution in [2.24, 2.45) is 0 Å². The zero-order valence-electron chi connectivity index (χ0n) is 7.69. The van der Waals surface area contributed by atoms with Crippen LogP contribution in [0.5, 0.6) is 0 Å². The monoisotopic (exact) mass is 187 g/mol. The third kappa shape index (κ3) is 1.31. The number of ketones is 1. The van der Waals surface area contributed by atoms with Gasteiger partial charge in [0, 0.05) is 5.56 Å². The molecule has 0 radical (unpaired) electrons. The van der Waals surface area contributed by atoms with Crippen LogP contribution >= 0.6 is 0 Å². The maximum absolute atomic E-state index is 11.3. The molecule has 0 saturated heterocycles. The zero-order chi connectivity index (χ0) is 10.1. The highest BCUT2D eigenvalue weighted by molar-refractivity contribution is 5.99. The van der Waals surface area contributed by atoms with Crippen molar-refractivity contribution in [2.45, 2.75) is 6.92 Å². The molecule has 1 heterocycles. The predicted molar refractivity (Wildman–Crippen MR) is 53.1 cm³/mol. The van der Waals surface area contributed by atoms with E-state index in [2.05, 4.69) is 9.97 Å². The number of rotatable bonds is 1. The maximum atomic E-state index is 11.3. The van der Waals surface area contributed by atoms with Crippen molar-refractivity contribution in [3.63, 3.8) is 0 Å². The van der Waals surface area contributed by atoms with E-state index in [1.807, 2.05) is 6.07 Å². The molecular formula is C10H9N3O. The van der Waals surface area contributed by atoms with Gasteiger partial charge in [-0.15, -0.1) is 0 Å². The van der Waals surface area contributed by atoms with Gasteiger partial charge in [-0.2, -0.15) is 0 Å². The number of nitrogen functional groups attached to an aromatic ring is 1. The second kappa shape index (κ2) is 3.06. The van der Waals surface area contributed by atoms with Crippen LogP contribution in [-0.2, 0) is 0 Å². The maximum Gasteiger partial charge on any atom is 0.221 e. The summed E-state index contributed by atoms with van der Waals surface area (Å²) in [7, 11) is 0. The molecule has 0 aromatic heterocycles. The van der Waals surface area contributed by atoms with Gasteiger partial charge in [-0.1, -0.05) is 12.1 Å². The Hall–Kier alpha value is -1.97. The third-order valence-corrected chi connectivity index (χ3v) is 1.97. The fraction of sp³-hybridized carbons (Fsp3) is 0.100. The van der Waals surface area contributed by atoms with Gasteiger partial charge < -0.3 is 5.73 Å². The first-order valence-electron chi connectivity index (χ1n) is 4.21. The Morgan fingerprint density at radius 3 is 2.71 bits per heavy atom. The number of Topliss-reactive ketones (excluding diaryl/α,β-unsaturated/α-hetero) is 1. The first-order chi connectivity index (χ1) is 6.68. The van der Waals surface area contributed by atoms with Crippen LogP contribution in [0.25, 0.3) is 11.4 Å². The third-order valence-electron chi connectivity index (χ3n) is 1.97. The van der Waals surface area contributed by atoms with Crippen molar-refractivity contribution in [2.75, 3.05) is 5.73 Å². The van der Waals surface area contributed by atoms with Gasteiger partial charge in [-0.25, -0.2) is 9.97 Å². The number of fused-ring (bicyclic) bond motifs is 1. The van der Waals surface area contributed by atoms with Crippen LogP contribution in [0.3, 0.4) is 0 Å². The number of nitrogens with two attached hydrogens (primary N) is 1. The number of anilines is 1. The Labute approximate surface area is 81.1 Å². The van der Waals surface area contributed by atoms with E-state index < -0.39 is 0 Å². The van der Waals surface area contributed by atoms with Crippen LogP contribution in [0.1, 0.15) is 17.3 Å². The average Bonchev–Trinajstić information content (AvgIpc) is 2.35. The van der Waals surface area contributed by atoms with E-state index in [-0.39, 0.29) is 11.7 Å². The second-order valence-electron chi connectivity index (χ2n) is 3.00. The molecule has 0 amide bonds. The molecule has 0 atom stereocenters. The van der Waals surface area contributed by atoms with Gasteiger partial charge in [0.1, 0.15) is 5.69 Å². The Morgan fingerprint density at radius 1 is 1.29 bits per heavy atom. The smallest absolute Gasteiger partial charge is 0.221 e. The molecule has 0 aromatic rings. The highest BCUT2D eigenvalue weighted by atomic mass is 16.1. The molecule has 0 bridgehead atoms. The van der Waals surface area contributed by atoms with Crippen LogP contribution < -0.4 is 5.73 Å². The molecular weight excluding hydrogens is 178 g/mol. The van der Waals surface area contributed by atoms with Gasteiger partial charge in [0.2, 0.25) is 5.95 Å². The van der Waals surface area contributed by atoms with E-state index in [4.69, 9.17) is 5.73 Å². The highest BCUT2D eigenvalue weighted by Gasteiger charge is 2.14. The second-order valence-corrected chi connectivity index (χ2v) is 3.00. The predicted octanol–water partition coefficient (Wildman–Crippen LogP) is 1.37. The van der Waals surface area contributed by atoms with E-state index in [0.717, 1.165) is 0 Å². The molecule has 4 nitrogen and oxygen atoms in total. The van der Waals surface area contributed by atoms with Crippen molar-refractivity contribution in [1.82, 2.24) is 9.97 Å². The zero-order valence-corrected chi connectivity index (χ0v) is 7.69. The molecule has 1 aliphatic carbocycles. The van der Waals surface area contributed by atoms with Gasteiger partial charge in [0.05, 0.1) is 5.69 Å². The number of hydrogen-bond acceptors (Lipinski definition) is 4. The van der Waals surface area contributed by atoms with Crippen molar-refractivity contribution < 1.29 is 4.79 Å². The van der Waals surface area contributed by atoms with Crippen molar-refractivity contribution >= 4 is 11.7 Å². The first kappa shape index (κ1) is 8.62. The summed E-state index contributed by atoms with van der Waals surface area (Å²) in [5.41, 5.74) is 7.24. The number of aromatic nitrogens is 2. The SMILES string of the molecule is CC(=O)c1ccccc2nc(N)nc1-2. The fourth-order valence-corrected chi connectivity index (χ4v) is 1.35. The van der Waals surface area contributed by atoms with E-state index in [1.165, 1.54) is 6.92 Å². The van der Waals surface area contributed by atoms with Gasteiger partial charge in [0.25, 0.3) is 0 Å². The van der Waals surface area contributed by atoms with E-state index >= 15 is 0 Å². The van der Waals surface area contributed by atoms with E-state index in [9.17, 15) is 4.79 Å². The topological polar surface area (TPSA) is 68.9 Å². The Bertz CT molecular complexity index is 467.